The van der Waals surface area contributed by atoms with Crippen LogP contribution in [0.15, 0.2) is 17.0 Å². The molecule has 0 aliphatic heterocycles. The Balaban J connectivity index is 2.28. The normalized spacial score (nSPS) is 22.7. The van der Waals surface area contributed by atoms with E-state index in [0.717, 1.165) is 19.3 Å². The number of halogens is 2. The maximum absolute atomic E-state index is 12.5. The summed E-state index contributed by atoms with van der Waals surface area (Å²) >= 11 is 12.2. The van der Waals surface area contributed by atoms with E-state index in [1.807, 2.05) is 0 Å². The Morgan fingerprint density at radius 3 is 2.52 bits per heavy atom. The van der Waals surface area contributed by atoms with Crippen molar-refractivity contribution < 1.29 is 8.42 Å². The summed E-state index contributed by atoms with van der Waals surface area (Å²) < 4.78 is 27.8. The number of hydrogen-bond acceptors (Lipinski definition) is 3. The molecule has 21 heavy (non-hydrogen) atoms. The van der Waals surface area contributed by atoms with Gasteiger partial charge in [0.2, 0.25) is 10.0 Å². The third-order valence-electron chi connectivity index (χ3n) is 3.77. The minimum absolute atomic E-state index is 0.00973. The highest BCUT2D eigenvalue weighted by Crippen LogP contribution is 2.31. The molecule has 7 heteroatoms. The van der Waals surface area contributed by atoms with Gasteiger partial charge in [0, 0.05) is 17.6 Å². The van der Waals surface area contributed by atoms with Crippen molar-refractivity contribution in [2.24, 2.45) is 5.92 Å². The van der Waals surface area contributed by atoms with Gasteiger partial charge in [0.15, 0.2) is 0 Å². The summed E-state index contributed by atoms with van der Waals surface area (Å²) in [5, 5.41) is 3.57. The van der Waals surface area contributed by atoms with Crippen molar-refractivity contribution in [2.45, 2.75) is 43.7 Å². The van der Waals surface area contributed by atoms with E-state index in [9.17, 15) is 8.42 Å². The second-order valence-corrected chi connectivity index (χ2v) is 8.14. The van der Waals surface area contributed by atoms with E-state index < -0.39 is 10.0 Å². The van der Waals surface area contributed by atoms with Crippen LogP contribution in [0.2, 0.25) is 10.0 Å². The summed E-state index contributed by atoms with van der Waals surface area (Å²) in [6.45, 7) is 2.62. The van der Waals surface area contributed by atoms with Crippen molar-refractivity contribution in [3.63, 3.8) is 0 Å². The molecule has 1 aliphatic carbocycles. The largest absolute Gasteiger partial charge is 0.316 e. The lowest BCUT2D eigenvalue weighted by Crippen LogP contribution is -2.33. The Morgan fingerprint density at radius 1 is 1.24 bits per heavy atom. The lowest BCUT2D eigenvalue weighted by Gasteiger charge is -2.15. The molecule has 118 valence electrons. The Bertz CT molecular complexity index is 620. The van der Waals surface area contributed by atoms with Gasteiger partial charge >= 0.3 is 0 Å². The van der Waals surface area contributed by atoms with Crippen LogP contribution >= 0.6 is 23.2 Å². The molecule has 2 atom stereocenters. The molecule has 0 spiro atoms. The molecule has 0 heterocycles. The van der Waals surface area contributed by atoms with E-state index in [1.165, 1.54) is 6.07 Å². The van der Waals surface area contributed by atoms with Crippen molar-refractivity contribution in [2.75, 3.05) is 7.05 Å². The van der Waals surface area contributed by atoms with Crippen LogP contribution < -0.4 is 10.0 Å². The van der Waals surface area contributed by atoms with Gasteiger partial charge in [0.25, 0.3) is 0 Å². The third kappa shape index (κ3) is 4.11. The summed E-state index contributed by atoms with van der Waals surface area (Å²) in [7, 11) is -1.85. The number of hydrogen-bond donors (Lipinski definition) is 2. The molecule has 1 aromatic rings. The molecule has 1 fully saturated rings. The fourth-order valence-corrected chi connectivity index (χ4v) is 4.85. The summed E-state index contributed by atoms with van der Waals surface area (Å²) in [6.07, 6.45) is 2.79. The molecule has 0 amide bonds. The average Bonchev–Trinajstić information content (AvgIpc) is 2.77. The van der Waals surface area contributed by atoms with Gasteiger partial charge in [0.05, 0.1) is 5.02 Å². The fourth-order valence-electron chi connectivity index (χ4n) is 2.70. The Morgan fingerprint density at radius 2 is 1.95 bits per heavy atom. The average molecular weight is 351 g/mol. The monoisotopic (exact) mass is 350 g/mol. The molecule has 1 saturated carbocycles. The van der Waals surface area contributed by atoms with Gasteiger partial charge in [-0.15, -0.1) is 0 Å². The van der Waals surface area contributed by atoms with Crippen molar-refractivity contribution in [3.8, 4) is 0 Å². The number of benzene rings is 1. The van der Waals surface area contributed by atoms with E-state index in [1.54, 1.807) is 13.1 Å². The molecule has 0 bridgehead atoms. The van der Waals surface area contributed by atoms with Gasteiger partial charge in [-0.3, -0.25) is 0 Å². The first-order valence-electron chi connectivity index (χ1n) is 6.98. The standard InChI is InChI=1S/C14H20Cl2N2O2S/c1-9-3-4-11(5-9)18-21(19,20)14-6-10(8-17-2)12(15)7-13(14)16/h6-7,9,11,17-18H,3-5,8H2,1-2H3. The van der Waals surface area contributed by atoms with Crippen LogP contribution in [0.4, 0.5) is 0 Å². The number of nitrogens with one attached hydrogen (secondary N) is 2. The Kier molecular flexibility index (Phi) is 5.54. The molecule has 2 N–H and O–H groups in total. The van der Waals surface area contributed by atoms with Gasteiger partial charge in [-0.1, -0.05) is 30.1 Å². The molecule has 0 saturated heterocycles. The number of rotatable bonds is 5. The molecule has 1 aromatic carbocycles. The highest BCUT2D eigenvalue weighted by molar-refractivity contribution is 7.89. The molecular formula is C14H20Cl2N2O2S. The molecule has 2 unspecified atom stereocenters. The highest BCUT2D eigenvalue weighted by Gasteiger charge is 2.28. The van der Waals surface area contributed by atoms with Gasteiger partial charge in [-0.25, -0.2) is 13.1 Å². The van der Waals surface area contributed by atoms with Crippen molar-refractivity contribution >= 4 is 33.2 Å². The predicted octanol–water partition coefficient (Wildman–Crippen LogP) is 3.18. The minimum Gasteiger partial charge on any atom is -0.316 e. The first kappa shape index (κ1) is 17.0. The van der Waals surface area contributed by atoms with Crippen LogP contribution in [0, 0.1) is 5.92 Å². The zero-order valence-corrected chi connectivity index (χ0v) is 14.4. The van der Waals surface area contributed by atoms with Gasteiger partial charge in [0.1, 0.15) is 4.90 Å². The van der Waals surface area contributed by atoms with Crippen LogP contribution in [-0.4, -0.2) is 21.5 Å². The summed E-state index contributed by atoms with van der Waals surface area (Å²) in [5.41, 5.74) is 0.712. The molecule has 2 rings (SSSR count). The van der Waals surface area contributed by atoms with Gasteiger partial charge in [-0.05, 0) is 49.9 Å². The highest BCUT2D eigenvalue weighted by atomic mass is 35.5. The lowest BCUT2D eigenvalue weighted by molar-refractivity contribution is 0.538. The van der Waals surface area contributed by atoms with Crippen molar-refractivity contribution in [3.05, 3.63) is 27.7 Å². The van der Waals surface area contributed by atoms with E-state index in [4.69, 9.17) is 23.2 Å². The lowest BCUT2D eigenvalue weighted by atomic mass is 10.1. The molecule has 1 aliphatic rings. The first-order chi connectivity index (χ1) is 9.83. The number of sulfonamides is 1. The zero-order chi connectivity index (χ0) is 15.6. The van der Waals surface area contributed by atoms with E-state index in [-0.39, 0.29) is 16.0 Å². The van der Waals surface area contributed by atoms with Crippen LogP contribution in [0.1, 0.15) is 31.7 Å². The van der Waals surface area contributed by atoms with Crippen LogP contribution in [0.3, 0.4) is 0 Å². The van der Waals surface area contributed by atoms with Crippen molar-refractivity contribution in [1.29, 1.82) is 0 Å². The Hall–Kier alpha value is -0.330. The minimum atomic E-state index is -3.62. The third-order valence-corrected chi connectivity index (χ3v) is 6.11. The smallest absolute Gasteiger partial charge is 0.242 e. The second-order valence-electron chi connectivity index (χ2n) is 5.64. The Labute approximate surface area is 136 Å². The van der Waals surface area contributed by atoms with E-state index in [2.05, 4.69) is 17.0 Å². The van der Waals surface area contributed by atoms with Gasteiger partial charge in [-0.2, -0.15) is 0 Å². The van der Waals surface area contributed by atoms with Crippen LogP contribution in [-0.2, 0) is 16.6 Å². The van der Waals surface area contributed by atoms with E-state index >= 15 is 0 Å². The molecule has 0 aromatic heterocycles. The summed E-state index contributed by atoms with van der Waals surface area (Å²) in [6, 6.07) is 3.02. The first-order valence-corrected chi connectivity index (χ1v) is 9.22. The fraction of sp³-hybridized carbons (Fsp3) is 0.571. The van der Waals surface area contributed by atoms with Crippen LogP contribution in [0.5, 0.6) is 0 Å². The second kappa shape index (κ2) is 6.84. The molecule has 4 nitrogen and oxygen atoms in total. The summed E-state index contributed by atoms with van der Waals surface area (Å²) in [4.78, 5) is 0.0957. The SMILES string of the molecule is CNCc1cc(S(=O)(=O)NC2CCC(C)C2)c(Cl)cc1Cl. The maximum Gasteiger partial charge on any atom is 0.242 e. The zero-order valence-electron chi connectivity index (χ0n) is 12.1. The van der Waals surface area contributed by atoms with Crippen LogP contribution in [0.25, 0.3) is 0 Å². The maximum atomic E-state index is 12.5. The molecular weight excluding hydrogens is 331 g/mol. The van der Waals surface area contributed by atoms with Gasteiger partial charge < -0.3 is 5.32 Å². The molecule has 0 radical (unpaired) electrons. The quantitative estimate of drug-likeness (QED) is 0.857. The predicted molar refractivity (Wildman–Crippen MR) is 86.4 cm³/mol. The van der Waals surface area contributed by atoms with E-state index in [0.29, 0.717) is 23.0 Å². The van der Waals surface area contributed by atoms with Crippen molar-refractivity contribution in [1.82, 2.24) is 10.0 Å². The topological polar surface area (TPSA) is 58.2 Å². The summed E-state index contributed by atoms with van der Waals surface area (Å²) in [5.74, 6) is 0.554.